The van der Waals surface area contributed by atoms with Crippen molar-refractivity contribution in [3.8, 4) is 6.07 Å². The van der Waals surface area contributed by atoms with Gasteiger partial charge in [0.05, 0.1) is 11.3 Å². The zero-order chi connectivity index (χ0) is 9.97. The van der Waals surface area contributed by atoms with Crippen molar-refractivity contribution in [2.75, 3.05) is 5.32 Å². The van der Waals surface area contributed by atoms with Gasteiger partial charge in [0.1, 0.15) is 6.07 Å². The summed E-state index contributed by atoms with van der Waals surface area (Å²) in [6.07, 6.45) is 2.26. The molecule has 0 saturated carbocycles. The van der Waals surface area contributed by atoms with Gasteiger partial charge in [0, 0.05) is 6.42 Å². The van der Waals surface area contributed by atoms with Crippen LogP contribution in [0.2, 0.25) is 0 Å². The predicted molar refractivity (Wildman–Crippen MR) is 52.7 cm³/mol. The van der Waals surface area contributed by atoms with E-state index in [0.29, 0.717) is 17.7 Å². The molecule has 1 aromatic carbocycles. The number of hydrogen-bond acceptors (Lipinski definition) is 2. The SMILES string of the molecule is N#Cc1cccc2c1NC(=O)CCC2. The zero-order valence-electron chi connectivity index (χ0n) is 7.71. The number of fused-ring (bicyclic) bond motifs is 1. The molecule has 0 aliphatic carbocycles. The molecule has 3 nitrogen and oxygen atoms in total. The molecule has 0 bridgehead atoms. The number of carbonyl (C=O) groups excluding carboxylic acids is 1. The van der Waals surface area contributed by atoms with Crippen molar-refractivity contribution in [2.24, 2.45) is 0 Å². The summed E-state index contributed by atoms with van der Waals surface area (Å²) in [5, 5.41) is 11.7. The van der Waals surface area contributed by atoms with Crippen molar-refractivity contribution in [3.63, 3.8) is 0 Å². The van der Waals surface area contributed by atoms with E-state index in [1.807, 2.05) is 12.1 Å². The van der Waals surface area contributed by atoms with E-state index in [0.717, 1.165) is 18.4 Å². The summed E-state index contributed by atoms with van der Waals surface area (Å²) in [7, 11) is 0. The van der Waals surface area contributed by atoms with Crippen LogP contribution in [0.5, 0.6) is 0 Å². The number of nitrogens with zero attached hydrogens (tertiary/aromatic N) is 1. The number of anilines is 1. The minimum absolute atomic E-state index is 0.00597. The molecule has 0 aromatic heterocycles. The van der Waals surface area contributed by atoms with Crippen molar-refractivity contribution in [1.82, 2.24) is 0 Å². The number of aryl methyl sites for hydroxylation is 1. The first-order valence-corrected chi connectivity index (χ1v) is 4.63. The van der Waals surface area contributed by atoms with Gasteiger partial charge in [0.25, 0.3) is 0 Å². The fourth-order valence-electron chi connectivity index (χ4n) is 1.69. The van der Waals surface area contributed by atoms with E-state index >= 15 is 0 Å². The number of carbonyl (C=O) groups is 1. The van der Waals surface area contributed by atoms with E-state index < -0.39 is 0 Å². The molecular formula is C11H10N2O. The van der Waals surface area contributed by atoms with Crippen LogP contribution in [0.4, 0.5) is 5.69 Å². The highest BCUT2D eigenvalue weighted by Gasteiger charge is 2.15. The van der Waals surface area contributed by atoms with Gasteiger partial charge in [0.2, 0.25) is 5.91 Å². The van der Waals surface area contributed by atoms with Crippen molar-refractivity contribution in [3.05, 3.63) is 29.3 Å². The second-order valence-corrected chi connectivity index (χ2v) is 3.35. The lowest BCUT2D eigenvalue weighted by molar-refractivity contribution is -0.116. The maximum atomic E-state index is 11.3. The van der Waals surface area contributed by atoms with E-state index in [4.69, 9.17) is 5.26 Å². The second-order valence-electron chi connectivity index (χ2n) is 3.35. The molecule has 0 spiro atoms. The summed E-state index contributed by atoms with van der Waals surface area (Å²) in [6.45, 7) is 0. The Kier molecular flexibility index (Phi) is 2.19. The molecular weight excluding hydrogens is 176 g/mol. The van der Waals surface area contributed by atoms with Gasteiger partial charge in [-0.05, 0) is 24.5 Å². The van der Waals surface area contributed by atoms with Crippen molar-refractivity contribution in [1.29, 1.82) is 5.26 Å². The molecule has 1 N–H and O–H groups in total. The number of hydrogen-bond donors (Lipinski definition) is 1. The molecule has 1 heterocycles. The Morgan fingerprint density at radius 3 is 3.00 bits per heavy atom. The van der Waals surface area contributed by atoms with Crippen LogP contribution in [-0.4, -0.2) is 5.91 Å². The molecule has 0 radical (unpaired) electrons. The van der Waals surface area contributed by atoms with Crippen LogP contribution >= 0.6 is 0 Å². The first kappa shape index (κ1) is 8.76. The fraction of sp³-hybridized carbons (Fsp3) is 0.273. The quantitative estimate of drug-likeness (QED) is 0.672. The summed E-state index contributed by atoms with van der Waals surface area (Å²) < 4.78 is 0. The highest BCUT2D eigenvalue weighted by molar-refractivity contribution is 5.93. The molecule has 1 amide bonds. The molecule has 2 rings (SSSR count). The van der Waals surface area contributed by atoms with Gasteiger partial charge in [-0.3, -0.25) is 4.79 Å². The van der Waals surface area contributed by atoms with Gasteiger partial charge in [-0.25, -0.2) is 0 Å². The molecule has 1 aromatic rings. The van der Waals surface area contributed by atoms with Crippen molar-refractivity contribution < 1.29 is 4.79 Å². The molecule has 70 valence electrons. The topological polar surface area (TPSA) is 52.9 Å². The van der Waals surface area contributed by atoms with Crippen molar-refractivity contribution >= 4 is 11.6 Å². The smallest absolute Gasteiger partial charge is 0.224 e. The fourth-order valence-corrected chi connectivity index (χ4v) is 1.69. The number of nitrogens with one attached hydrogen (secondary N) is 1. The van der Waals surface area contributed by atoms with Crippen LogP contribution in [0.3, 0.4) is 0 Å². The largest absolute Gasteiger partial charge is 0.325 e. The average molecular weight is 186 g/mol. The van der Waals surface area contributed by atoms with Crippen molar-refractivity contribution in [2.45, 2.75) is 19.3 Å². The Labute approximate surface area is 82.4 Å². The lowest BCUT2D eigenvalue weighted by Crippen LogP contribution is -2.10. The molecule has 1 aliphatic heterocycles. The Hall–Kier alpha value is -1.82. The summed E-state index contributed by atoms with van der Waals surface area (Å²) in [4.78, 5) is 11.3. The third-order valence-corrected chi connectivity index (χ3v) is 2.39. The van der Waals surface area contributed by atoms with E-state index in [-0.39, 0.29) is 5.91 Å². The minimum Gasteiger partial charge on any atom is -0.325 e. The summed E-state index contributed by atoms with van der Waals surface area (Å²) in [6, 6.07) is 7.63. The van der Waals surface area contributed by atoms with Crippen LogP contribution in [-0.2, 0) is 11.2 Å². The third-order valence-electron chi connectivity index (χ3n) is 2.39. The average Bonchev–Trinajstić information content (AvgIpc) is 2.38. The number of nitriles is 1. The number of para-hydroxylation sites is 1. The summed E-state index contributed by atoms with van der Waals surface area (Å²) in [5.41, 5.74) is 2.32. The first-order valence-electron chi connectivity index (χ1n) is 4.63. The Bertz CT molecular complexity index is 418. The summed E-state index contributed by atoms with van der Waals surface area (Å²) >= 11 is 0. The van der Waals surface area contributed by atoms with Gasteiger partial charge >= 0.3 is 0 Å². The van der Waals surface area contributed by atoms with Crippen LogP contribution in [0, 0.1) is 11.3 Å². The Morgan fingerprint density at radius 2 is 2.21 bits per heavy atom. The Balaban J connectivity index is 2.51. The molecule has 3 heteroatoms. The maximum absolute atomic E-state index is 11.3. The summed E-state index contributed by atoms with van der Waals surface area (Å²) in [5.74, 6) is 0.00597. The van der Waals surface area contributed by atoms with Gasteiger partial charge in [-0.2, -0.15) is 5.26 Å². The van der Waals surface area contributed by atoms with Crippen LogP contribution in [0.1, 0.15) is 24.0 Å². The van der Waals surface area contributed by atoms with E-state index in [9.17, 15) is 4.79 Å². The minimum atomic E-state index is 0.00597. The van der Waals surface area contributed by atoms with Crippen LogP contribution in [0.25, 0.3) is 0 Å². The lowest BCUT2D eigenvalue weighted by atomic mass is 10.0. The number of rotatable bonds is 0. The van der Waals surface area contributed by atoms with Gasteiger partial charge in [-0.15, -0.1) is 0 Å². The Morgan fingerprint density at radius 1 is 1.36 bits per heavy atom. The molecule has 0 fully saturated rings. The van der Waals surface area contributed by atoms with Gasteiger partial charge in [0.15, 0.2) is 0 Å². The van der Waals surface area contributed by atoms with E-state index in [2.05, 4.69) is 11.4 Å². The molecule has 0 unspecified atom stereocenters. The second kappa shape index (κ2) is 3.51. The van der Waals surface area contributed by atoms with E-state index in [1.54, 1.807) is 6.07 Å². The standard InChI is InChI=1S/C11H10N2O/c12-7-9-5-1-3-8-4-2-6-10(14)13-11(8)9/h1,3,5H,2,4,6H2,(H,13,14). The van der Waals surface area contributed by atoms with Gasteiger partial charge in [-0.1, -0.05) is 12.1 Å². The first-order chi connectivity index (χ1) is 6.81. The van der Waals surface area contributed by atoms with E-state index in [1.165, 1.54) is 0 Å². The monoisotopic (exact) mass is 186 g/mol. The number of benzene rings is 1. The third kappa shape index (κ3) is 1.47. The molecule has 0 saturated heterocycles. The maximum Gasteiger partial charge on any atom is 0.224 e. The predicted octanol–water partition coefficient (Wildman–Crippen LogP) is 1.83. The van der Waals surface area contributed by atoms with Crippen LogP contribution < -0.4 is 5.32 Å². The highest BCUT2D eigenvalue weighted by Crippen LogP contribution is 2.25. The van der Waals surface area contributed by atoms with Gasteiger partial charge < -0.3 is 5.32 Å². The lowest BCUT2D eigenvalue weighted by Gasteiger charge is -2.07. The molecule has 0 atom stereocenters. The highest BCUT2D eigenvalue weighted by atomic mass is 16.1. The van der Waals surface area contributed by atoms with Crippen LogP contribution in [0.15, 0.2) is 18.2 Å². The molecule has 1 aliphatic rings. The molecule has 14 heavy (non-hydrogen) atoms. The zero-order valence-corrected chi connectivity index (χ0v) is 7.71. The normalized spacial score (nSPS) is 14.9. The number of amides is 1.